The number of unbranched alkanes of at least 4 members (excludes halogenated alkanes) is 10. The van der Waals surface area contributed by atoms with Gasteiger partial charge >= 0.3 is 0 Å². The minimum Gasteiger partial charge on any atom is -0.342 e. The van der Waals surface area contributed by atoms with Gasteiger partial charge in [0.15, 0.2) is 0 Å². The zero-order valence-corrected chi connectivity index (χ0v) is 15.2. The fraction of sp³-hybridized carbons (Fsp3) is 0.950. The number of nitrogens with zero attached hydrogens (tertiary/aromatic N) is 1. The molecule has 130 valence electrons. The van der Waals surface area contributed by atoms with Crippen molar-refractivity contribution in [2.45, 2.75) is 104 Å². The van der Waals surface area contributed by atoms with Crippen molar-refractivity contribution in [3.8, 4) is 0 Å². The Kier molecular flexibility index (Phi) is 11.5. The molecule has 1 atom stereocenters. The predicted molar refractivity (Wildman–Crippen MR) is 96.1 cm³/mol. The average Bonchev–Trinajstić information content (AvgIpc) is 2.52. The van der Waals surface area contributed by atoms with Crippen LogP contribution in [-0.4, -0.2) is 23.9 Å². The van der Waals surface area contributed by atoms with Crippen LogP contribution in [0.1, 0.15) is 104 Å². The summed E-state index contributed by atoms with van der Waals surface area (Å²) < 4.78 is 0. The van der Waals surface area contributed by atoms with Gasteiger partial charge in [-0.25, -0.2) is 0 Å². The molecule has 2 heteroatoms. The van der Waals surface area contributed by atoms with Crippen LogP contribution in [-0.2, 0) is 4.79 Å². The molecule has 22 heavy (non-hydrogen) atoms. The van der Waals surface area contributed by atoms with E-state index in [1.54, 1.807) is 0 Å². The summed E-state index contributed by atoms with van der Waals surface area (Å²) in [5.74, 6) is 1.11. The molecule has 1 saturated heterocycles. The van der Waals surface area contributed by atoms with Crippen LogP contribution in [0.2, 0.25) is 0 Å². The third kappa shape index (κ3) is 9.48. The van der Waals surface area contributed by atoms with E-state index in [4.69, 9.17) is 0 Å². The maximum atomic E-state index is 12.1. The Morgan fingerprint density at radius 3 is 2.00 bits per heavy atom. The van der Waals surface area contributed by atoms with Crippen LogP contribution in [0.3, 0.4) is 0 Å². The highest BCUT2D eigenvalue weighted by Gasteiger charge is 2.19. The van der Waals surface area contributed by atoms with Crippen molar-refractivity contribution in [1.82, 2.24) is 4.90 Å². The highest BCUT2D eigenvalue weighted by molar-refractivity contribution is 5.76. The summed E-state index contributed by atoms with van der Waals surface area (Å²) >= 11 is 0. The van der Waals surface area contributed by atoms with E-state index in [0.717, 1.165) is 25.9 Å². The standard InChI is InChI=1S/C20H39NO/c1-3-4-5-6-7-8-9-10-11-12-13-16-20(22)21-17-14-15-19(2)18-21/h19H,3-18H2,1-2H3. The maximum Gasteiger partial charge on any atom is 0.222 e. The Morgan fingerprint density at radius 2 is 1.45 bits per heavy atom. The second-order valence-corrected chi connectivity index (χ2v) is 7.37. The van der Waals surface area contributed by atoms with Crippen LogP contribution in [0.25, 0.3) is 0 Å². The summed E-state index contributed by atoms with van der Waals surface area (Å²) in [5, 5.41) is 0. The minimum absolute atomic E-state index is 0.405. The minimum atomic E-state index is 0.405. The summed E-state index contributed by atoms with van der Waals surface area (Å²) in [4.78, 5) is 14.2. The smallest absolute Gasteiger partial charge is 0.222 e. The lowest BCUT2D eigenvalue weighted by molar-refractivity contribution is -0.133. The van der Waals surface area contributed by atoms with Gasteiger partial charge in [0.25, 0.3) is 0 Å². The topological polar surface area (TPSA) is 20.3 Å². The van der Waals surface area contributed by atoms with E-state index in [2.05, 4.69) is 18.7 Å². The van der Waals surface area contributed by atoms with Crippen molar-refractivity contribution in [2.24, 2.45) is 5.92 Å². The number of hydrogen-bond acceptors (Lipinski definition) is 1. The molecule has 0 N–H and O–H groups in total. The summed E-state index contributed by atoms with van der Waals surface area (Å²) in [5.41, 5.74) is 0. The molecule has 2 nitrogen and oxygen atoms in total. The lowest BCUT2D eigenvalue weighted by atomic mass is 9.99. The number of rotatable bonds is 12. The van der Waals surface area contributed by atoms with Gasteiger partial charge in [0.2, 0.25) is 5.91 Å². The van der Waals surface area contributed by atoms with Gasteiger partial charge in [-0.2, -0.15) is 0 Å². The van der Waals surface area contributed by atoms with Crippen LogP contribution >= 0.6 is 0 Å². The number of piperidine rings is 1. The monoisotopic (exact) mass is 309 g/mol. The van der Waals surface area contributed by atoms with E-state index < -0.39 is 0 Å². The molecular formula is C20H39NO. The first-order valence-electron chi connectivity index (χ1n) is 10.0. The largest absolute Gasteiger partial charge is 0.342 e. The molecule has 0 aromatic heterocycles. The summed E-state index contributed by atoms with van der Waals surface area (Å²) in [6.07, 6.45) is 18.1. The highest BCUT2D eigenvalue weighted by atomic mass is 16.2. The fourth-order valence-corrected chi connectivity index (χ4v) is 3.51. The molecule has 0 aromatic carbocycles. The Labute approximate surface area is 139 Å². The molecular weight excluding hydrogens is 270 g/mol. The molecule has 1 aliphatic rings. The van der Waals surface area contributed by atoms with E-state index in [9.17, 15) is 4.79 Å². The maximum absolute atomic E-state index is 12.1. The number of amides is 1. The van der Waals surface area contributed by atoms with Gasteiger partial charge in [-0.1, -0.05) is 78.1 Å². The lowest BCUT2D eigenvalue weighted by Gasteiger charge is -2.31. The van der Waals surface area contributed by atoms with E-state index in [-0.39, 0.29) is 0 Å². The lowest BCUT2D eigenvalue weighted by Crippen LogP contribution is -2.38. The molecule has 0 aromatic rings. The first kappa shape index (κ1) is 19.5. The van der Waals surface area contributed by atoms with Crippen molar-refractivity contribution in [1.29, 1.82) is 0 Å². The molecule has 0 bridgehead atoms. The van der Waals surface area contributed by atoms with Crippen molar-refractivity contribution in [3.05, 3.63) is 0 Å². The van der Waals surface area contributed by atoms with Gasteiger partial charge in [-0.05, 0) is 25.2 Å². The fourth-order valence-electron chi connectivity index (χ4n) is 3.51. The summed E-state index contributed by atoms with van der Waals surface area (Å²) in [7, 11) is 0. The average molecular weight is 310 g/mol. The zero-order chi connectivity index (χ0) is 16.0. The predicted octanol–water partition coefficient (Wildman–Crippen LogP) is 5.95. The molecule has 0 aliphatic carbocycles. The van der Waals surface area contributed by atoms with Crippen molar-refractivity contribution >= 4 is 5.91 Å². The number of hydrogen-bond donors (Lipinski definition) is 0. The SMILES string of the molecule is CCCCCCCCCCCCCC(=O)N1CCCC(C)C1. The van der Waals surface area contributed by atoms with Crippen LogP contribution in [0.4, 0.5) is 0 Å². The quantitative estimate of drug-likeness (QED) is 0.408. The van der Waals surface area contributed by atoms with Gasteiger partial charge in [0.05, 0.1) is 0 Å². The van der Waals surface area contributed by atoms with Crippen LogP contribution in [0.15, 0.2) is 0 Å². The first-order valence-corrected chi connectivity index (χ1v) is 10.0. The molecule has 1 heterocycles. The number of likely N-dealkylation sites (tertiary alicyclic amines) is 1. The van der Waals surface area contributed by atoms with Gasteiger partial charge in [0, 0.05) is 19.5 Å². The van der Waals surface area contributed by atoms with E-state index in [0.29, 0.717) is 11.8 Å². The molecule has 1 unspecified atom stereocenters. The van der Waals surface area contributed by atoms with Crippen LogP contribution in [0, 0.1) is 5.92 Å². The molecule has 1 aliphatic heterocycles. The Morgan fingerprint density at radius 1 is 0.909 bits per heavy atom. The third-order valence-corrected chi connectivity index (χ3v) is 5.00. The van der Waals surface area contributed by atoms with E-state index >= 15 is 0 Å². The Balaban J connectivity index is 1.85. The third-order valence-electron chi connectivity index (χ3n) is 5.00. The number of carbonyl (C=O) groups excluding carboxylic acids is 1. The number of carbonyl (C=O) groups is 1. The van der Waals surface area contributed by atoms with Gasteiger partial charge in [0.1, 0.15) is 0 Å². The summed E-state index contributed by atoms with van der Waals surface area (Å²) in [6, 6.07) is 0. The molecule has 1 fully saturated rings. The molecule has 0 saturated carbocycles. The van der Waals surface area contributed by atoms with E-state index in [1.807, 2.05) is 0 Å². The zero-order valence-electron chi connectivity index (χ0n) is 15.2. The molecule has 1 rings (SSSR count). The summed E-state index contributed by atoms with van der Waals surface area (Å²) in [6.45, 7) is 6.54. The first-order chi connectivity index (χ1) is 10.7. The second-order valence-electron chi connectivity index (χ2n) is 7.37. The van der Waals surface area contributed by atoms with Crippen molar-refractivity contribution in [3.63, 3.8) is 0 Å². The van der Waals surface area contributed by atoms with E-state index in [1.165, 1.54) is 77.0 Å². The Bertz CT molecular complexity index is 277. The molecule has 0 radical (unpaired) electrons. The van der Waals surface area contributed by atoms with Gasteiger partial charge < -0.3 is 4.90 Å². The van der Waals surface area contributed by atoms with Crippen LogP contribution in [0.5, 0.6) is 0 Å². The second kappa shape index (κ2) is 13.0. The van der Waals surface area contributed by atoms with Crippen molar-refractivity contribution in [2.75, 3.05) is 13.1 Å². The van der Waals surface area contributed by atoms with Crippen molar-refractivity contribution < 1.29 is 4.79 Å². The normalized spacial score (nSPS) is 18.6. The van der Waals surface area contributed by atoms with Crippen LogP contribution < -0.4 is 0 Å². The Hall–Kier alpha value is -0.530. The van der Waals surface area contributed by atoms with Gasteiger partial charge in [-0.15, -0.1) is 0 Å². The van der Waals surface area contributed by atoms with Gasteiger partial charge in [-0.3, -0.25) is 4.79 Å². The molecule has 1 amide bonds. The highest BCUT2D eigenvalue weighted by Crippen LogP contribution is 2.17. The molecule has 0 spiro atoms.